The lowest BCUT2D eigenvalue weighted by Crippen LogP contribution is -2.49. The molecule has 0 aliphatic heterocycles. The molecule has 0 saturated heterocycles. The van der Waals surface area contributed by atoms with Crippen LogP contribution in [0.2, 0.25) is 0 Å². The lowest BCUT2D eigenvalue weighted by Gasteiger charge is -2.23. The molecular formula is C10H15NO3. The van der Waals surface area contributed by atoms with Gasteiger partial charge in [-0.25, -0.2) is 4.79 Å². The average Bonchev–Trinajstić information content (AvgIpc) is 2.24. The van der Waals surface area contributed by atoms with Crippen molar-refractivity contribution < 1.29 is 14.3 Å². The number of esters is 1. The maximum atomic E-state index is 11.3. The summed E-state index contributed by atoms with van der Waals surface area (Å²) in [5.74, 6) is 1.55. The first kappa shape index (κ1) is 12.7. The van der Waals surface area contributed by atoms with Gasteiger partial charge in [-0.15, -0.1) is 13.0 Å². The van der Waals surface area contributed by atoms with Gasteiger partial charge in [0.1, 0.15) is 0 Å². The number of terminal acetylenes is 1. The quantitative estimate of drug-likeness (QED) is 0.385. The van der Waals surface area contributed by atoms with E-state index < -0.39 is 11.5 Å². The Morgan fingerprint density at radius 1 is 1.79 bits per heavy atom. The summed E-state index contributed by atoms with van der Waals surface area (Å²) in [4.78, 5) is 11.3. The largest absolute Gasteiger partial charge is 0.467 e. The van der Waals surface area contributed by atoms with Crippen LogP contribution in [0.4, 0.5) is 0 Å². The molecule has 4 heteroatoms. The van der Waals surface area contributed by atoms with Crippen molar-refractivity contribution in [2.75, 3.05) is 14.2 Å². The molecule has 0 aromatic rings. The van der Waals surface area contributed by atoms with E-state index in [0.29, 0.717) is 0 Å². The zero-order valence-corrected chi connectivity index (χ0v) is 8.45. The third kappa shape index (κ3) is 2.87. The Labute approximate surface area is 84.1 Å². The SMILES string of the molecule is C#C[C@@](N)(C[C@H](C=C)OC)C(=O)OC. The molecule has 0 saturated carbocycles. The molecule has 0 bridgehead atoms. The van der Waals surface area contributed by atoms with Crippen molar-refractivity contribution in [2.24, 2.45) is 5.73 Å². The van der Waals surface area contributed by atoms with Crippen molar-refractivity contribution >= 4 is 5.97 Å². The molecule has 0 heterocycles. The van der Waals surface area contributed by atoms with Gasteiger partial charge < -0.3 is 15.2 Å². The van der Waals surface area contributed by atoms with Crippen LogP contribution in [-0.2, 0) is 14.3 Å². The molecular weight excluding hydrogens is 182 g/mol. The number of ether oxygens (including phenoxy) is 2. The second kappa shape index (κ2) is 5.43. The van der Waals surface area contributed by atoms with E-state index in [9.17, 15) is 4.79 Å². The summed E-state index contributed by atoms with van der Waals surface area (Å²) in [5.41, 5.74) is 4.21. The molecule has 78 valence electrons. The first-order chi connectivity index (χ1) is 6.53. The highest BCUT2D eigenvalue weighted by Gasteiger charge is 2.35. The third-order valence-electron chi connectivity index (χ3n) is 1.90. The molecule has 0 aromatic carbocycles. The zero-order chi connectivity index (χ0) is 11.2. The van der Waals surface area contributed by atoms with Gasteiger partial charge in [-0.3, -0.25) is 0 Å². The van der Waals surface area contributed by atoms with Gasteiger partial charge in [0.15, 0.2) is 5.54 Å². The number of rotatable bonds is 5. The van der Waals surface area contributed by atoms with Crippen LogP contribution in [0.1, 0.15) is 6.42 Å². The van der Waals surface area contributed by atoms with E-state index in [1.807, 2.05) is 0 Å². The van der Waals surface area contributed by atoms with Crippen molar-refractivity contribution in [1.29, 1.82) is 0 Å². The van der Waals surface area contributed by atoms with E-state index >= 15 is 0 Å². The molecule has 0 fully saturated rings. The van der Waals surface area contributed by atoms with Gasteiger partial charge in [0, 0.05) is 13.5 Å². The molecule has 0 rings (SSSR count). The maximum absolute atomic E-state index is 11.3. The van der Waals surface area contributed by atoms with Gasteiger partial charge in [0.2, 0.25) is 0 Å². The van der Waals surface area contributed by atoms with Crippen LogP contribution in [0.25, 0.3) is 0 Å². The average molecular weight is 197 g/mol. The Morgan fingerprint density at radius 3 is 2.64 bits per heavy atom. The normalized spacial score (nSPS) is 16.1. The summed E-state index contributed by atoms with van der Waals surface area (Å²) < 4.78 is 9.49. The highest BCUT2D eigenvalue weighted by Crippen LogP contribution is 2.13. The molecule has 0 unspecified atom stereocenters. The van der Waals surface area contributed by atoms with Gasteiger partial charge in [-0.1, -0.05) is 12.0 Å². The van der Waals surface area contributed by atoms with Crippen LogP contribution in [0.3, 0.4) is 0 Å². The van der Waals surface area contributed by atoms with Crippen LogP contribution < -0.4 is 5.73 Å². The minimum Gasteiger partial charge on any atom is -0.467 e. The highest BCUT2D eigenvalue weighted by atomic mass is 16.5. The zero-order valence-electron chi connectivity index (χ0n) is 8.45. The summed E-state index contributed by atoms with van der Waals surface area (Å²) in [6.45, 7) is 3.53. The fourth-order valence-corrected chi connectivity index (χ4v) is 0.964. The van der Waals surface area contributed by atoms with Crippen LogP contribution in [-0.4, -0.2) is 31.8 Å². The molecule has 4 nitrogen and oxygen atoms in total. The number of nitrogens with two attached hydrogens (primary N) is 1. The fourth-order valence-electron chi connectivity index (χ4n) is 0.964. The van der Waals surface area contributed by atoms with Gasteiger partial charge in [-0.2, -0.15) is 0 Å². The van der Waals surface area contributed by atoms with E-state index in [0.717, 1.165) is 0 Å². The fraction of sp³-hybridized carbons (Fsp3) is 0.500. The maximum Gasteiger partial charge on any atom is 0.338 e. The Kier molecular flexibility index (Phi) is 4.92. The number of carbonyl (C=O) groups excluding carboxylic acids is 1. The summed E-state index contributed by atoms with van der Waals surface area (Å²) >= 11 is 0. The molecule has 2 N–H and O–H groups in total. The lowest BCUT2D eigenvalue weighted by molar-refractivity contribution is -0.145. The van der Waals surface area contributed by atoms with Crippen LogP contribution in [0, 0.1) is 12.3 Å². The highest BCUT2D eigenvalue weighted by molar-refractivity contribution is 5.84. The monoisotopic (exact) mass is 197 g/mol. The summed E-state index contributed by atoms with van der Waals surface area (Å²) in [5, 5.41) is 0. The standard InChI is InChI=1S/C10H15NO3/c1-5-8(13-3)7-10(11,6-2)9(12)14-4/h2,5,8H,1,7,11H2,3-4H3/t8-,10+/m0/s1. The summed E-state index contributed by atoms with van der Waals surface area (Å²) in [6.07, 6.45) is 6.49. The molecule has 0 amide bonds. The van der Waals surface area contributed by atoms with Crippen molar-refractivity contribution in [1.82, 2.24) is 0 Å². The first-order valence-corrected chi connectivity index (χ1v) is 4.04. The van der Waals surface area contributed by atoms with Crippen LogP contribution >= 0.6 is 0 Å². The van der Waals surface area contributed by atoms with Gasteiger partial charge in [-0.05, 0) is 0 Å². The van der Waals surface area contributed by atoms with E-state index in [1.165, 1.54) is 20.3 Å². The Balaban J connectivity index is 4.64. The van der Waals surface area contributed by atoms with Crippen molar-refractivity contribution in [2.45, 2.75) is 18.1 Å². The van der Waals surface area contributed by atoms with E-state index in [-0.39, 0.29) is 12.5 Å². The number of carbonyl (C=O) groups is 1. The summed E-state index contributed by atoms with van der Waals surface area (Å²) in [6, 6.07) is 0. The van der Waals surface area contributed by atoms with Crippen molar-refractivity contribution in [3.8, 4) is 12.3 Å². The molecule has 0 aromatic heterocycles. The van der Waals surface area contributed by atoms with E-state index in [1.54, 1.807) is 0 Å². The topological polar surface area (TPSA) is 61.5 Å². The Morgan fingerprint density at radius 2 is 2.36 bits per heavy atom. The molecule has 0 aliphatic rings. The van der Waals surface area contributed by atoms with Crippen molar-refractivity contribution in [3.63, 3.8) is 0 Å². The molecule has 0 aliphatic carbocycles. The lowest BCUT2D eigenvalue weighted by atomic mass is 9.94. The number of hydrogen-bond acceptors (Lipinski definition) is 4. The predicted octanol–water partition coefficient (Wildman–Crippen LogP) is 0.0812. The molecule has 0 spiro atoms. The number of hydrogen-bond donors (Lipinski definition) is 1. The first-order valence-electron chi connectivity index (χ1n) is 4.04. The minimum atomic E-state index is -1.45. The second-order valence-electron chi connectivity index (χ2n) is 2.82. The smallest absolute Gasteiger partial charge is 0.338 e. The van der Waals surface area contributed by atoms with E-state index in [4.69, 9.17) is 16.9 Å². The van der Waals surface area contributed by atoms with Gasteiger partial charge >= 0.3 is 5.97 Å². The summed E-state index contributed by atoms with van der Waals surface area (Å²) in [7, 11) is 2.72. The minimum absolute atomic E-state index is 0.149. The Hall–Kier alpha value is -1.31. The Bertz CT molecular complexity index is 257. The molecule has 14 heavy (non-hydrogen) atoms. The van der Waals surface area contributed by atoms with Crippen LogP contribution in [0.15, 0.2) is 12.7 Å². The van der Waals surface area contributed by atoms with Gasteiger partial charge in [0.25, 0.3) is 0 Å². The van der Waals surface area contributed by atoms with Crippen LogP contribution in [0.5, 0.6) is 0 Å². The second-order valence-corrected chi connectivity index (χ2v) is 2.82. The van der Waals surface area contributed by atoms with E-state index in [2.05, 4.69) is 17.2 Å². The molecule has 0 radical (unpaired) electrons. The molecule has 2 atom stereocenters. The third-order valence-corrected chi connectivity index (χ3v) is 1.90. The number of methoxy groups -OCH3 is 2. The van der Waals surface area contributed by atoms with Gasteiger partial charge in [0.05, 0.1) is 13.2 Å². The predicted molar refractivity (Wildman–Crippen MR) is 53.4 cm³/mol. The van der Waals surface area contributed by atoms with Crippen molar-refractivity contribution in [3.05, 3.63) is 12.7 Å².